The van der Waals surface area contributed by atoms with Gasteiger partial charge < -0.3 is 5.32 Å². The lowest BCUT2D eigenvalue weighted by molar-refractivity contribution is -0.113. The minimum absolute atomic E-state index is 0.0434. The van der Waals surface area contributed by atoms with Crippen LogP contribution in [0.4, 0.5) is 5.69 Å². The van der Waals surface area contributed by atoms with Crippen LogP contribution in [0.2, 0.25) is 0 Å². The summed E-state index contributed by atoms with van der Waals surface area (Å²) in [4.78, 5) is 11.7. The number of hydrogen-bond donors (Lipinski definition) is 1. The summed E-state index contributed by atoms with van der Waals surface area (Å²) in [6.07, 6.45) is 0. The van der Waals surface area contributed by atoms with Crippen LogP contribution in [0.1, 0.15) is 5.56 Å². The van der Waals surface area contributed by atoms with E-state index in [9.17, 15) is 4.79 Å². The number of carbonyl (C=O) groups is 1. The Labute approximate surface area is 113 Å². The number of thioether (sulfide) groups is 1. The molecular weight excluding hydrogens is 264 g/mol. The Kier molecular flexibility index (Phi) is 4.40. The number of benzene rings is 1. The quantitative estimate of drug-likeness (QED) is 0.870. The lowest BCUT2D eigenvalue weighted by Gasteiger charge is -2.04. The van der Waals surface area contributed by atoms with Crippen LogP contribution < -0.4 is 5.32 Å². The summed E-state index contributed by atoms with van der Waals surface area (Å²) in [5.74, 6) is 0.346. The summed E-state index contributed by atoms with van der Waals surface area (Å²) in [5.41, 5.74) is 1.30. The topological polar surface area (TPSA) is 52.9 Å². The van der Waals surface area contributed by atoms with Gasteiger partial charge in [0.25, 0.3) is 0 Å². The third-order valence-electron chi connectivity index (χ3n) is 2.14. The molecule has 1 N–H and O–H groups in total. The zero-order valence-corrected chi connectivity index (χ0v) is 11.1. The zero-order chi connectivity index (χ0) is 12.8. The third kappa shape index (κ3) is 3.62. The summed E-state index contributed by atoms with van der Waals surface area (Å²) >= 11 is 3.14. The molecule has 0 saturated heterocycles. The van der Waals surface area contributed by atoms with Gasteiger partial charge in [-0.2, -0.15) is 5.26 Å². The van der Waals surface area contributed by atoms with Crippen molar-refractivity contribution in [1.82, 2.24) is 0 Å². The first-order valence-electron chi connectivity index (χ1n) is 5.24. The third-order valence-corrected chi connectivity index (χ3v) is 4.27. The Morgan fingerprint density at radius 2 is 2.11 bits per heavy atom. The molecule has 2 rings (SSSR count). The monoisotopic (exact) mass is 274 g/mol. The smallest absolute Gasteiger partial charge is 0.234 e. The van der Waals surface area contributed by atoms with Crippen LogP contribution in [0.15, 0.2) is 46.0 Å². The molecule has 2 aromatic rings. The molecule has 1 aromatic heterocycles. The van der Waals surface area contributed by atoms with Crippen molar-refractivity contribution < 1.29 is 4.79 Å². The molecule has 18 heavy (non-hydrogen) atoms. The number of nitrogens with zero attached hydrogens (tertiary/aromatic N) is 1. The van der Waals surface area contributed by atoms with Crippen LogP contribution in [0.3, 0.4) is 0 Å². The molecule has 1 amide bonds. The molecule has 3 nitrogen and oxygen atoms in total. The second kappa shape index (κ2) is 6.24. The maximum absolute atomic E-state index is 11.7. The number of nitrogens with one attached hydrogen (secondary N) is 1. The van der Waals surface area contributed by atoms with Gasteiger partial charge in [0.15, 0.2) is 0 Å². The van der Waals surface area contributed by atoms with Gasteiger partial charge in [-0.05, 0) is 35.7 Å². The van der Waals surface area contributed by atoms with Crippen molar-refractivity contribution in [2.75, 3.05) is 11.1 Å². The van der Waals surface area contributed by atoms with Crippen molar-refractivity contribution in [1.29, 1.82) is 5.26 Å². The van der Waals surface area contributed by atoms with Gasteiger partial charge in [-0.15, -0.1) is 23.1 Å². The molecule has 0 aliphatic rings. The van der Waals surface area contributed by atoms with E-state index in [-0.39, 0.29) is 5.91 Å². The molecule has 0 spiro atoms. The van der Waals surface area contributed by atoms with Gasteiger partial charge in [0, 0.05) is 5.69 Å². The van der Waals surface area contributed by atoms with E-state index in [0.29, 0.717) is 17.0 Å². The Balaban J connectivity index is 1.85. The van der Waals surface area contributed by atoms with Crippen LogP contribution in [0.25, 0.3) is 0 Å². The summed E-state index contributed by atoms with van der Waals surface area (Å²) < 4.78 is 1.13. The molecule has 0 radical (unpaired) electrons. The Morgan fingerprint density at radius 1 is 1.33 bits per heavy atom. The van der Waals surface area contributed by atoms with Crippen LogP contribution in [-0.4, -0.2) is 11.7 Å². The van der Waals surface area contributed by atoms with E-state index in [1.165, 1.54) is 11.8 Å². The molecular formula is C13H10N2OS2. The van der Waals surface area contributed by atoms with Gasteiger partial charge in [0.05, 0.1) is 21.6 Å². The highest BCUT2D eigenvalue weighted by atomic mass is 32.2. The first-order valence-corrected chi connectivity index (χ1v) is 7.11. The van der Waals surface area contributed by atoms with E-state index in [4.69, 9.17) is 5.26 Å². The van der Waals surface area contributed by atoms with Gasteiger partial charge in [-0.3, -0.25) is 4.79 Å². The van der Waals surface area contributed by atoms with Crippen molar-refractivity contribution in [3.8, 4) is 6.07 Å². The highest BCUT2D eigenvalue weighted by Gasteiger charge is 2.04. The van der Waals surface area contributed by atoms with Crippen LogP contribution in [-0.2, 0) is 4.79 Å². The van der Waals surface area contributed by atoms with Crippen molar-refractivity contribution in [2.45, 2.75) is 4.21 Å². The molecule has 1 heterocycles. The van der Waals surface area contributed by atoms with Crippen molar-refractivity contribution in [3.63, 3.8) is 0 Å². The zero-order valence-electron chi connectivity index (χ0n) is 9.42. The number of rotatable bonds is 4. The molecule has 0 unspecified atom stereocenters. The second-order valence-electron chi connectivity index (χ2n) is 3.46. The van der Waals surface area contributed by atoms with Gasteiger partial charge in [0.1, 0.15) is 0 Å². The van der Waals surface area contributed by atoms with Gasteiger partial charge >= 0.3 is 0 Å². The van der Waals surface area contributed by atoms with Crippen LogP contribution in [0, 0.1) is 11.3 Å². The predicted molar refractivity (Wildman–Crippen MR) is 74.8 cm³/mol. The molecule has 90 valence electrons. The van der Waals surface area contributed by atoms with Crippen LogP contribution in [0.5, 0.6) is 0 Å². The fraction of sp³-hybridized carbons (Fsp3) is 0.0769. The highest BCUT2D eigenvalue weighted by Crippen LogP contribution is 2.23. The minimum atomic E-state index is -0.0434. The normalized spacial score (nSPS) is 9.72. The Morgan fingerprint density at radius 3 is 2.72 bits per heavy atom. The lowest BCUT2D eigenvalue weighted by atomic mass is 10.2. The highest BCUT2D eigenvalue weighted by molar-refractivity contribution is 8.01. The molecule has 1 aromatic carbocycles. The number of anilines is 1. The summed E-state index contributed by atoms with van der Waals surface area (Å²) in [6.45, 7) is 0. The summed E-state index contributed by atoms with van der Waals surface area (Å²) in [7, 11) is 0. The number of thiophene rings is 1. The first-order chi connectivity index (χ1) is 8.78. The maximum atomic E-state index is 11.7. The van der Waals surface area contributed by atoms with E-state index in [1.807, 2.05) is 23.6 Å². The average molecular weight is 274 g/mol. The number of carbonyl (C=O) groups excluding carboxylic acids is 1. The van der Waals surface area contributed by atoms with E-state index in [2.05, 4.69) is 5.32 Å². The maximum Gasteiger partial charge on any atom is 0.234 e. The predicted octanol–water partition coefficient (Wildman–Crippen LogP) is 3.35. The average Bonchev–Trinajstić information content (AvgIpc) is 2.90. The lowest BCUT2D eigenvalue weighted by Crippen LogP contribution is -2.13. The molecule has 0 aliphatic carbocycles. The molecule has 5 heteroatoms. The van der Waals surface area contributed by atoms with E-state index >= 15 is 0 Å². The van der Waals surface area contributed by atoms with Gasteiger partial charge in [0.2, 0.25) is 5.91 Å². The number of nitriles is 1. The Hall–Kier alpha value is -1.77. The fourth-order valence-electron chi connectivity index (χ4n) is 1.31. The second-order valence-corrected chi connectivity index (χ2v) is 5.68. The van der Waals surface area contributed by atoms with Crippen molar-refractivity contribution >= 4 is 34.7 Å². The SMILES string of the molecule is N#Cc1ccc(NC(=O)CSc2cccs2)cc1. The van der Waals surface area contributed by atoms with Gasteiger partial charge in [-0.25, -0.2) is 0 Å². The van der Waals surface area contributed by atoms with E-state index < -0.39 is 0 Å². The van der Waals surface area contributed by atoms with Crippen LogP contribution >= 0.6 is 23.1 Å². The molecule has 0 saturated carbocycles. The number of hydrogen-bond acceptors (Lipinski definition) is 4. The largest absolute Gasteiger partial charge is 0.325 e. The first kappa shape index (κ1) is 12.7. The van der Waals surface area contributed by atoms with Gasteiger partial charge in [-0.1, -0.05) is 6.07 Å². The molecule has 0 bridgehead atoms. The number of amides is 1. The fourth-order valence-corrected chi connectivity index (χ4v) is 2.89. The minimum Gasteiger partial charge on any atom is -0.325 e. The molecule has 0 aliphatic heterocycles. The Bertz CT molecular complexity index is 556. The van der Waals surface area contributed by atoms with E-state index in [0.717, 1.165) is 4.21 Å². The molecule has 0 atom stereocenters. The van der Waals surface area contributed by atoms with E-state index in [1.54, 1.807) is 35.6 Å². The summed E-state index contributed by atoms with van der Waals surface area (Å²) in [6, 6.07) is 12.8. The molecule has 0 fully saturated rings. The summed E-state index contributed by atoms with van der Waals surface area (Å²) in [5, 5.41) is 13.4. The van der Waals surface area contributed by atoms with Crippen molar-refractivity contribution in [2.24, 2.45) is 0 Å². The standard InChI is InChI=1S/C13H10N2OS2/c14-8-10-3-5-11(6-4-10)15-12(16)9-18-13-2-1-7-17-13/h1-7H,9H2,(H,15,16). The van der Waals surface area contributed by atoms with Crippen molar-refractivity contribution in [3.05, 3.63) is 47.3 Å².